The van der Waals surface area contributed by atoms with Gasteiger partial charge in [-0.25, -0.2) is 15.0 Å². The predicted molar refractivity (Wildman–Crippen MR) is 510 cm³/mol. The molecule has 0 saturated carbocycles. The number of nitrogens with zero attached hydrogens (tertiary/aromatic N) is 3. The predicted octanol–water partition coefficient (Wildman–Crippen LogP) is 31.9. The minimum absolute atomic E-state index is 0.966. The molecule has 3 heterocycles. The van der Waals surface area contributed by atoms with Gasteiger partial charge in [0.25, 0.3) is 0 Å². The fourth-order valence-corrected chi connectivity index (χ4v) is 16.4. The minimum Gasteiger partial charge on any atom is -0.248 e. The third-order valence-corrected chi connectivity index (χ3v) is 23.0. The molecule has 572 valence electrons. The van der Waals surface area contributed by atoms with Gasteiger partial charge in [-0.05, 0) is 234 Å². The van der Waals surface area contributed by atoms with E-state index in [1.165, 1.54) is 144 Å². The second-order valence-electron chi connectivity index (χ2n) is 31.4. The van der Waals surface area contributed by atoms with Crippen LogP contribution in [0.25, 0.3) is 189 Å². The Balaban J connectivity index is 0.000000126. The quantitative estimate of drug-likeness (QED) is 0.102. The van der Waals surface area contributed by atoms with Gasteiger partial charge in [0, 0.05) is 33.4 Å². The zero-order valence-electron chi connectivity index (χ0n) is 68.3. The number of aromatic nitrogens is 3. The topological polar surface area (TPSA) is 38.7 Å². The van der Waals surface area contributed by atoms with Crippen molar-refractivity contribution < 1.29 is 0 Å². The minimum atomic E-state index is 0.966. The lowest BCUT2D eigenvalue weighted by atomic mass is 9.92. The van der Waals surface area contributed by atoms with E-state index in [1.54, 1.807) is 0 Å². The summed E-state index contributed by atoms with van der Waals surface area (Å²) < 4.78 is 0. The van der Waals surface area contributed by atoms with Gasteiger partial charge in [0.15, 0.2) is 0 Å². The van der Waals surface area contributed by atoms with E-state index >= 15 is 0 Å². The molecular formula is C117H89N3. The number of hydrogen-bond donors (Lipinski definition) is 0. The lowest BCUT2D eigenvalue weighted by Gasteiger charge is -2.13. The van der Waals surface area contributed by atoms with Gasteiger partial charge >= 0.3 is 0 Å². The van der Waals surface area contributed by atoms with Crippen LogP contribution in [0.15, 0.2) is 431 Å². The Labute approximate surface area is 704 Å². The first-order valence-corrected chi connectivity index (χ1v) is 41.3. The van der Waals surface area contributed by atoms with Gasteiger partial charge in [-0.3, -0.25) is 0 Å². The van der Waals surface area contributed by atoms with E-state index in [1.807, 2.05) is 18.2 Å². The zero-order valence-corrected chi connectivity index (χ0v) is 68.3. The Bertz CT molecular complexity index is 7020. The molecule has 0 N–H and O–H groups in total. The molecule has 0 atom stereocenters. The number of benzene rings is 17. The molecule has 0 bridgehead atoms. The zero-order chi connectivity index (χ0) is 81.4. The van der Waals surface area contributed by atoms with Gasteiger partial charge in [-0.2, -0.15) is 0 Å². The van der Waals surface area contributed by atoms with Crippen molar-refractivity contribution in [1.29, 1.82) is 0 Å². The van der Waals surface area contributed by atoms with Crippen LogP contribution in [0, 0.1) is 41.5 Å². The number of hydrogen-bond acceptors (Lipinski definition) is 3. The Kier molecular flexibility index (Phi) is 21.9. The average Bonchev–Trinajstić information content (AvgIpc) is 0.760. The highest BCUT2D eigenvalue weighted by Crippen LogP contribution is 2.41. The molecule has 0 unspecified atom stereocenters. The Morgan fingerprint density at radius 3 is 0.825 bits per heavy atom. The van der Waals surface area contributed by atoms with Crippen LogP contribution in [0.1, 0.15) is 33.4 Å². The van der Waals surface area contributed by atoms with Gasteiger partial charge in [-0.15, -0.1) is 0 Å². The highest BCUT2D eigenvalue weighted by atomic mass is 14.7. The molecule has 20 aromatic rings. The summed E-state index contributed by atoms with van der Waals surface area (Å²) in [7, 11) is 0. The fraction of sp³-hybridized carbons (Fsp3) is 0.0513. The first-order chi connectivity index (χ1) is 58.9. The highest BCUT2D eigenvalue weighted by Gasteiger charge is 2.17. The van der Waals surface area contributed by atoms with Crippen LogP contribution in [0.4, 0.5) is 0 Å². The Morgan fingerprint density at radius 1 is 0.133 bits per heavy atom. The fourth-order valence-electron chi connectivity index (χ4n) is 16.4. The summed E-state index contributed by atoms with van der Waals surface area (Å²) >= 11 is 0. The molecule has 0 spiro atoms. The van der Waals surface area contributed by atoms with Crippen LogP contribution < -0.4 is 0 Å². The molecule has 3 heteroatoms. The summed E-state index contributed by atoms with van der Waals surface area (Å²) in [6, 6.07) is 154. The summed E-state index contributed by atoms with van der Waals surface area (Å²) in [5.74, 6) is 0. The normalized spacial score (nSPS) is 11.1. The molecule has 20 rings (SSSR count). The van der Waals surface area contributed by atoms with E-state index in [9.17, 15) is 0 Å². The third kappa shape index (κ3) is 16.9. The lowest BCUT2D eigenvalue weighted by molar-refractivity contribution is 1.32. The van der Waals surface area contributed by atoms with Crippen LogP contribution >= 0.6 is 0 Å². The van der Waals surface area contributed by atoms with Crippen molar-refractivity contribution >= 4 is 32.3 Å². The number of fused-ring (bicyclic) bond motifs is 4. The monoisotopic (exact) mass is 1540 g/mol. The molecule has 17 aromatic carbocycles. The van der Waals surface area contributed by atoms with Crippen molar-refractivity contribution in [2.75, 3.05) is 0 Å². The maximum atomic E-state index is 5.16. The van der Waals surface area contributed by atoms with Gasteiger partial charge in [-0.1, -0.05) is 393 Å². The largest absolute Gasteiger partial charge is 0.248 e. The number of rotatable bonds is 14. The first-order valence-electron chi connectivity index (χ1n) is 41.3. The van der Waals surface area contributed by atoms with Gasteiger partial charge in [0.05, 0.1) is 34.2 Å². The van der Waals surface area contributed by atoms with Crippen LogP contribution in [0.5, 0.6) is 0 Å². The van der Waals surface area contributed by atoms with Crippen molar-refractivity contribution in [3.05, 3.63) is 464 Å². The molecule has 0 amide bonds. The Hall–Kier alpha value is -15.0. The molecule has 0 saturated heterocycles. The van der Waals surface area contributed by atoms with E-state index in [2.05, 4.69) is 454 Å². The summed E-state index contributed by atoms with van der Waals surface area (Å²) in [6.07, 6.45) is 0. The molecule has 3 nitrogen and oxygen atoms in total. The van der Waals surface area contributed by atoms with Crippen LogP contribution in [0.3, 0.4) is 0 Å². The number of pyridine rings is 3. The summed E-state index contributed by atoms with van der Waals surface area (Å²) in [6.45, 7) is 13.0. The molecule has 3 aromatic heterocycles. The maximum Gasteiger partial charge on any atom is 0.0715 e. The molecule has 0 aliphatic heterocycles. The van der Waals surface area contributed by atoms with E-state index in [-0.39, 0.29) is 0 Å². The van der Waals surface area contributed by atoms with Crippen LogP contribution in [-0.2, 0) is 0 Å². The van der Waals surface area contributed by atoms with Crippen molar-refractivity contribution in [2.24, 2.45) is 0 Å². The van der Waals surface area contributed by atoms with Crippen molar-refractivity contribution in [1.82, 2.24) is 15.0 Å². The molecule has 0 radical (unpaired) electrons. The SMILES string of the molecule is Cc1ccc(C)c(-c2ccc(-c3cc(-c4ccc(-c5cc6ccccc6c6ccccc56)cc4)cc(-c4ccccc4)n3)cc2)c1.Cc1ccc(C)c(-c2ccc(-c3cc(-c4ccc(-c5ccc6ccccc6c5)cc4)cc(-c4ccccc4)n3)cc2)c1.Cc1ccc(C)c(-c2cccc(-c3cc(-c4ccccc4)nc(-c4ccccc4)c3)c2)c1. The van der Waals surface area contributed by atoms with E-state index in [0.29, 0.717) is 0 Å². The Morgan fingerprint density at radius 2 is 0.408 bits per heavy atom. The van der Waals surface area contributed by atoms with Crippen LogP contribution in [0.2, 0.25) is 0 Å². The highest BCUT2D eigenvalue weighted by molar-refractivity contribution is 6.14. The standard InChI is InChI=1S/C45H33N.C41H31N.C31H25N/c1-30-16-17-31(2)42(26-30)33-22-24-36(25-23-33)45-29-38(28-44(46-45)35-10-4-3-5-11-35)32-18-20-34(21-19-32)43-27-37-12-6-7-13-39(37)40-14-8-9-15-41(40)43;1-28-12-13-29(2)39(24-28)33-19-21-35(22-20-33)41-27-38(26-40(42-41)34-9-4-3-5-10-34)32-16-14-31(15-17-32)37-23-18-30-8-6-7-11-36(30)25-37;1-22-16-17-23(2)29(18-22)27-15-9-14-26(19-27)28-20-30(24-10-5-3-6-11-24)32-31(21-28)25-12-7-4-8-13-25/h3-29H,1-2H3;3-27H,1-2H3;3-21H,1-2H3. The van der Waals surface area contributed by atoms with E-state index < -0.39 is 0 Å². The van der Waals surface area contributed by atoms with Gasteiger partial charge < -0.3 is 0 Å². The molecule has 120 heavy (non-hydrogen) atoms. The average molecular weight is 1540 g/mol. The molecule has 0 aliphatic carbocycles. The third-order valence-electron chi connectivity index (χ3n) is 23.0. The summed E-state index contributed by atoms with van der Waals surface area (Å²) in [4.78, 5) is 15.3. The van der Waals surface area contributed by atoms with Crippen molar-refractivity contribution in [3.63, 3.8) is 0 Å². The van der Waals surface area contributed by atoms with Crippen molar-refractivity contribution in [2.45, 2.75) is 41.5 Å². The summed E-state index contributed by atoms with van der Waals surface area (Å²) in [5.41, 5.74) is 39.6. The summed E-state index contributed by atoms with van der Waals surface area (Å²) in [5, 5.41) is 7.63. The van der Waals surface area contributed by atoms with Gasteiger partial charge in [0.1, 0.15) is 0 Å². The van der Waals surface area contributed by atoms with Crippen molar-refractivity contribution in [3.8, 4) is 157 Å². The van der Waals surface area contributed by atoms with Crippen LogP contribution in [-0.4, -0.2) is 15.0 Å². The second kappa shape index (κ2) is 34.4. The van der Waals surface area contributed by atoms with Gasteiger partial charge in [0.2, 0.25) is 0 Å². The smallest absolute Gasteiger partial charge is 0.0715 e. The second-order valence-corrected chi connectivity index (χ2v) is 31.4. The molecule has 0 aliphatic rings. The molecular weight excluding hydrogens is 1450 g/mol. The maximum absolute atomic E-state index is 5.16. The van der Waals surface area contributed by atoms with E-state index in [0.717, 1.165) is 78.7 Å². The molecule has 0 fully saturated rings. The lowest BCUT2D eigenvalue weighted by Crippen LogP contribution is -1.92. The number of aryl methyl sites for hydroxylation is 6. The first kappa shape index (κ1) is 76.3. The van der Waals surface area contributed by atoms with E-state index in [4.69, 9.17) is 15.0 Å².